The fourth-order valence-corrected chi connectivity index (χ4v) is 10.9. The van der Waals surface area contributed by atoms with Crippen molar-refractivity contribution in [2.45, 2.75) is 23.7 Å². The third-order valence-electron chi connectivity index (χ3n) is 14.6. The average Bonchev–Trinajstić information content (AvgIpc) is 3.51. The lowest BCUT2D eigenvalue weighted by Gasteiger charge is -2.32. The molecule has 8 aromatic rings. The van der Waals surface area contributed by atoms with E-state index < -0.39 is 23.7 Å². The van der Waals surface area contributed by atoms with Gasteiger partial charge >= 0.3 is 0 Å². The zero-order valence-electron chi connectivity index (χ0n) is 45.1. The van der Waals surface area contributed by atoms with Crippen LogP contribution >= 0.6 is 0 Å². The van der Waals surface area contributed by atoms with Crippen LogP contribution in [0.15, 0.2) is 146 Å². The van der Waals surface area contributed by atoms with Gasteiger partial charge in [0, 0.05) is 92.4 Å². The van der Waals surface area contributed by atoms with Crippen LogP contribution < -0.4 is 56.8 Å². The summed E-state index contributed by atoms with van der Waals surface area (Å²) in [6.45, 7) is 0. The summed E-state index contributed by atoms with van der Waals surface area (Å²) in [4.78, 5) is 0. The molecule has 0 heterocycles. The molecule has 0 aliphatic heterocycles. The largest absolute Gasteiger partial charge is 0.497 e. The molecule has 12 heteroatoms. The molecule has 0 unspecified atom stereocenters. The summed E-state index contributed by atoms with van der Waals surface area (Å²) in [6, 6.07) is 49.0. The van der Waals surface area contributed by atoms with Crippen LogP contribution in [-0.4, -0.2) is 85.3 Å². The van der Waals surface area contributed by atoms with Gasteiger partial charge in [0.25, 0.3) is 0 Å². The summed E-state index contributed by atoms with van der Waals surface area (Å²) in [5.41, 5.74) is 10.4. The number of fused-ring (bicyclic) bond motifs is 8. The van der Waals surface area contributed by atoms with Crippen molar-refractivity contribution in [3.05, 3.63) is 212 Å². The zero-order valence-corrected chi connectivity index (χ0v) is 45.1. The van der Waals surface area contributed by atoms with Crippen molar-refractivity contribution in [2.75, 3.05) is 85.3 Å². The summed E-state index contributed by atoms with van der Waals surface area (Å²) in [7, 11) is 20.1. The number of ether oxygens (including phenoxy) is 12. The van der Waals surface area contributed by atoms with Crippen molar-refractivity contribution in [1.82, 2.24) is 0 Å². The number of methoxy groups -OCH3 is 12. The molecular weight excluding hydrogens is 961 g/mol. The maximum Gasteiger partial charge on any atom is 0.126 e. The van der Waals surface area contributed by atoms with Gasteiger partial charge in [-0.25, -0.2) is 0 Å². The van der Waals surface area contributed by atoms with Crippen LogP contribution in [0.1, 0.15) is 90.4 Å². The molecule has 0 spiro atoms. The molecule has 0 fully saturated rings. The smallest absolute Gasteiger partial charge is 0.126 e. The number of hydrogen-bond acceptors (Lipinski definition) is 12. The van der Waals surface area contributed by atoms with E-state index in [2.05, 4.69) is 72.8 Å². The molecule has 0 saturated heterocycles. The Morgan fingerprint density at radius 3 is 0.447 bits per heavy atom. The Bertz CT molecular complexity index is 2740. The lowest BCUT2D eigenvalue weighted by Crippen LogP contribution is -2.16. The molecular formula is C64H64O12. The molecule has 12 nitrogen and oxygen atoms in total. The molecule has 0 amide bonds. The van der Waals surface area contributed by atoms with E-state index in [-0.39, 0.29) is 0 Å². The molecule has 0 atom stereocenters. The SMILES string of the molecule is COc1ccc(C2c3cc(c(OC)cc3OC)C(c3ccc(OC)cc3)c3cc(c(OC)cc3OC)C(c3ccc(OC)cc3)c3cc(c(OC)cc3OC)C(c3ccc(OC)cc3)c3cc2c(OC)cc3OC)cc1. The topological polar surface area (TPSA) is 111 Å². The Hall–Kier alpha value is -8.64. The summed E-state index contributed by atoms with van der Waals surface area (Å²) in [5, 5.41) is 0. The highest BCUT2D eigenvalue weighted by Gasteiger charge is 2.36. The fraction of sp³-hybridized carbons (Fsp3) is 0.250. The molecule has 8 bridgehead atoms. The first-order valence-corrected chi connectivity index (χ1v) is 24.7. The predicted molar refractivity (Wildman–Crippen MR) is 294 cm³/mol. The maximum absolute atomic E-state index is 6.45. The molecule has 0 aromatic heterocycles. The molecule has 1 aliphatic rings. The first kappa shape index (κ1) is 52.2. The minimum Gasteiger partial charge on any atom is -0.497 e. The quantitative estimate of drug-likeness (QED) is 0.0919. The molecule has 392 valence electrons. The van der Waals surface area contributed by atoms with Crippen molar-refractivity contribution in [3.63, 3.8) is 0 Å². The zero-order chi connectivity index (χ0) is 53.6. The lowest BCUT2D eigenvalue weighted by atomic mass is 9.75. The van der Waals surface area contributed by atoms with Crippen LogP contribution in [0.5, 0.6) is 69.0 Å². The Morgan fingerprint density at radius 2 is 0.329 bits per heavy atom. The van der Waals surface area contributed by atoms with Crippen molar-refractivity contribution in [3.8, 4) is 69.0 Å². The Labute approximate surface area is 445 Å². The van der Waals surface area contributed by atoms with Gasteiger partial charge in [-0.05, 0) is 95.1 Å². The van der Waals surface area contributed by atoms with Crippen molar-refractivity contribution < 1.29 is 56.8 Å². The molecule has 0 saturated carbocycles. The van der Waals surface area contributed by atoms with Crippen LogP contribution in [0.4, 0.5) is 0 Å². The van der Waals surface area contributed by atoms with Gasteiger partial charge in [0.15, 0.2) is 0 Å². The van der Waals surface area contributed by atoms with E-state index in [1.165, 1.54) is 0 Å². The summed E-state index contributed by atoms with van der Waals surface area (Å²) in [6.07, 6.45) is 0. The predicted octanol–water partition coefficient (Wildman–Crippen LogP) is 12.8. The minimum absolute atomic E-state index is 0.535. The first-order chi connectivity index (χ1) is 37.1. The highest BCUT2D eigenvalue weighted by atomic mass is 16.5. The number of benzene rings is 8. The van der Waals surface area contributed by atoms with E-state index in [0.29, 0.717) is 69.0 Å². The van der Waals surface area contributed by atoms with E-state index in [1.807, 2.05) is 72.8 Å². The lowest BCUT2D eigenvalue weighted by molar-refractivity contribution is 0.379. The van der Waals surface area contributed by atoms with Crippen LogP contribution in [0.3, 0.4) is 0 Å². The third-order valence-corrected chi connectivity index (χ3v) is 14.6. The number of rotatable bonds is 16. The van der Waals surface area contributed by atoms with Crippen molar-refractivity contribution >= 4 is 0 Å². The van der Waals surface area contributed by atoms with Gasteiger partial charge in [-0.15, -0.1) is 0 Å². The minimum atomic E-state index is -0.535. The summed E-state index contributed by atoms with van der Waals surface area (Å²) in [5.74, 6) is 5.40. The van der Waals surface area contributed by atoms with Crippen molar-refractivity contribution in [1.29, 1.82) is 0 Å². The van der Waals surface area contributed by atoms with Crippen molar-refractivity contribution in [2.24, 2.45) is 0 Å². The Balaban J connectivity index is 1.54. The van der Waals surface area contributed by atoms with Gasteiger partial charge in [0.1, 0.15) is 69.0 Å². The third kappa shape index (κ3) is 9.67. The van der Waals surface area contributed by atoms with Gasteiger partial charge in [-0.1, -0.05) is 48.5 Å². The second kappa shape index (κ2) is 22.9. The maximum atomic E-state index is 6.45. The number of hydrogen-bond donors (Lipinski definition) is 0. The average molecular weight is 1030 g/mol. The van der Waals surface area contributed by atoms with Gasteiger partial charge in [-0.2, -0.15) is 0 Å². The second-order valence-electron chi connectivity index (χ2n) is 18.2. The van der Waals surface area contributed by atoms with Crippen LogP contribution in [0, 0.1) is 0 Å². The fourth-order valence-electron chi connectivity index (χ4n) is 10.9. The van der Waals surface area contributed by atoms with Crippen LogP contribution in [0.2, 0.25) is 0 Å². The van der Waals surface area contributed by atoms with Gasteiger partial charge in [-0.3, -0.25) is 0 Å². The van der Waals surface area contributed by atoms with E-state index >= 15 is 0 Å². The first-order valence-electron chi connectivity index (χ1n) is 24.7. The monoisotopic (exact) mass is 1020 g/mol. The Kier molecular flexibility index (Phi) is 15.7. The summed E-state index contributed by atoms with van der Waals surface area (Å²) < 4.78 is 74.5. The molecule has 0 N–H and O–H groups in total. The van der Waals surface area contributed by atoms with Crippen LogP contribution in [-0.2, 0) is 0 Å². The highest BCUT2D eigenvalue weighted by molar-refractivity contribution is 5.68. The molecule has 0 radical (unpaired) electrons. The molecule has 76 heavy (non-hydrogen) atoms. The van der Waals surface area contributed by atoms with Crippen LogP contribution in [0.25, 0.3) is 0 Å². The van der Waals surface area contributed by atoms with Gasteiger partial charge < -0.3 is 56.8 Å². The van der Waals surface area contributed by atoms with E-state index in [4.69, 9.17) is 56.8 Å². The molecule has 9 rings (SSSR count). The van der Waals surface area contributed by atoms with Gasteiger partial charge in [0.05, 0.1) is 85.3 Å². The Morgan fingerprint density at radius 1 is 0.184 bits per heavy atom. The molecule has 1 aliphatic carbocycles. The summed E-state index contributed by atoms with van der Waals surface area (Å²) >= 11 is 0. The van der Waals surface area contributed by atoms with Gasteiger partial charge in [0.2, 0.25) is 0 Å². The standard InChI is InChI=1S/C64H64O12/c1-65-41-21-13-37(14-22-41)61-45-29-47(55(71-7)33-53(45)69-5)62(38-15-23-42(66-2)24-16-38)49-31-51(59(75-11)35-57(49)73-9)64(40-19-27-44(68-4)28-20-40)52-32-50(58(74-10)36-60(52)76-12)63(39-17-25-43(67-3)26-18-39)48-30-46(61)54(70-6)34-56(48)72-8/h13-36,61-64H,1-12H3. The molecule has 8 aromatic carbocycles. The second-order valence-corrected chi connectivity index (χ2v) is 18.2. The van der Waals surface area contributed by atoms with E-state index in [1.54, 1.807) is 85.3 Å². The normalized spacial score (nSPS) is 15.6. The van der Waals surface area contributed by atoms with E-state index in [9.17, 15) is 0 Å². The highest BCUT2D eigenvalue weighted by Crippen LogP contribution is 2.55. The van der Waals surface area contributed by atoms with E-state index in [0.717, 1.165) is 66.8 Å².